The second-order valence-corrected chi connectivity index (χ2v) is 11.4. The van der Waals surface area contributed by atoms with E-state index in [9.17, 15) is 12.8 Å². The van der Waals surface area contributed by atoms with Crippen LogP contribution in [0.5, 0.6) is 0 Å². The highest BCUT2D eigenvalue weighted by molar-refractivity contribution is 7.92. The Hall–Kier alpha value is -3.80. The van der Waals surface area contributed by atoms with Gasteiger partial charge in [-0.3, -0.25) is 4.72 Å². The zero-order valence-corrected chi connectivity index (χ0v) is 22.4. The number of benzene rings is 2. The van der Waals surface area contributed by atoms with Crippen molar-refractivity contribution in [3.05, 3.63) is 84.0 Å². The number of anilines is 4. The van der Waals surface area contributed by atoms with Crippen molar-refractivity contribution in [2.75, 3.05) is 15.4 Å². The highest BCUT2D eigenvalue weighted by Crippen LogP contribution is 2.31. The Bertz CT molecular complexity index is 1580. The zero-order chi connectivity index (χ0) is 27.4. The van der Waals surface area contributed by atoms with Crippen LogP contribution in [0.4, 0.5) is 27.4 Å². The molecule has 2 heterocycles. The molecule has 0 amide bonds. The van der Waals surface area contributed by atoms with Crippen LogP contribution in [0.25, 0.3) is 11.3 Å². The van der Waals surface area contributed by atoms with Gasteiger partial charge in [0.1, 0.15) is 28.7 Å². The summed E-state index contributed by atoms with van der Waals surface area (Å²) in [4.78, 5) is 13.0. The van der Waals surface area contributed by atoms with Gasteiger partial charge in [-0.05, 0) is 68.1 Å². The van der Waals surface area contributed by atoms with Crippen LogP contribution in [0, 0.1) is 5.82 Å². The Morgan fingerprint density at radius 3 is 2.51 bits per heavy atom. The SMILES string of the molecule is NC1CCC(Nc2cc(-c3cccnc3Nc3ccc(NS(=O)(=O)c4ccccc4Cl)c(F)c3)ncn2)CC1. The Kier molecular flexibility index (Phi) is 7.92. The van der Waals surface area contributed by atoms with E-state index in [1.807, 2.05) is 12.1 Å². The Morgan fingerprint density at radius 2 is 1.74 bits per heavy atom. The number of hydrogen-bond donors (Lipinski definition) is 4. The molecule has 5 N–H and O–H groups in total. The Balaban J connectivity index is 1.33. The number of nitrogens with two attached hydrogens (primary N) is 1. The fourth-order valence-electron chi connectivity index (χ4n) is 4.44. The van der Waals surface area contributed by atoms with E-state index in [0.717, 1.165) is 25.7 Å². The average Bonchev–Trinajstić information content (AvgIpc) is 2.92. The number of hydrogen-bond acceptors (Lipinski definition) is 8. The van der Waals surface area contributed by atoms with Gasteiger partial charge >= 0.3 is 0 Å². The standard InChI is InChI=1S/C27H27ClFN7O2S/c28-21-5-1-2-6-25(21)39(37,38)36-23-12-11-19(14-22(23)29)35-27-20(4-3-13-31-27)24-15-26(33-16-32-24)34-18-9-7-17(30)8-10-18/h1-6,11-18,36H,7-10,30H2,(H,31,35)(H,32,33,34). The van der Waals surface area contributed by atoms with E-state index in [-0.39, 0.29) is 21.6 Å². The molecule has 0 bridgehead atoms. The van der Waals surface area contributed by atoms with Gasteiger partial charge in [0.15, 0.2) is 0 Å². The summed E-state index contributed by atoms with van der Waals surface area (Å²) < 4.78 is 42.6. The van der Waals surface area contributed by atoms with Crippen LogP contribution in [0.1, 0.15) is 25.7 Å². The minimum absolute atomic E-state index is 0.0393. The molecule has 39 heavy (non-hydrogen) atoms. The number of nitrogens with zero attached hydrogens (tertiary/aromatic N) is 3. The first kappa shape index (κ1) is 26.8. The van der Waals surface area contributed by atoms with E-state index >= 15 is 0 Å². The van der Waals surface area contributed by atoms with Gasteiger partial charge in [-0.15, -0.1) is 0 Å². The molecule has 2 aromatic heterocycles. The maximum atomic E-state index is 15.0. The van der Waals surface area contributed by atoms with Crippen molar-refractivity contribution in [2.24, 2.45) is 5.73 Å². The minimum Gasteiger partial charge on any atom is -0.367 e. The molecule has 1 saturated carbocycles. The maximum Gasteiger partial charge on any atom is 0.263 e. The molecule has 2 aromatic carbocycles. The van der Waals surface area contributed by atoms with Crippen LogP contribution < -0.4 is 21.1 Å². The average molecular weight is 568 g/mol. The van der Waals surface area contributed by atoms with Gasteiger partial charge in [0.25, 0.3) is 10.0 Å². The normalized spacial score (nSPS) is 17.4. The van der Waals surface area contributed by atoms with E-state index < -0.39 is 15.8 Å². The van der Waals surface area contributed by atoms with Gasteiger partial charge in [0.2, 0.25) is 0 Å². The third-order valence-corrected chi connectivity index (χ3v) is 8.34. The van der Waals surface area contributed by atoms with Crippen molar-refractivity contribution in [3.8, 4) is 11.3 Å². The molecule has 4 aromatic rings. The summed E-state index contributed by atoms with van der Waals surface area (Å²) in [5, 5.41) is 6.61. The lowest BCUT2D eigenvalue weighted by molar-refractivity contribution is 0.410. The first-order chi connectivity index (χ1) is 18.8. The lowest BCUT2D eigenvalue weighted by atomic mass is 9.92. The first-order valence-electron chi connectivity index (χ1n) is 12.4. The van der Waals surface area contributed by atoms with Gasteiger partial charge in [0.05, 0.1) is 16.4 Å². The quantitative estimate of drug-likeness (QED) is 0.217. The van der Waals surface area contributed by atoms with Gasteiger partial charge in [-0.1, -0.05) is 23.7 Å². The fraction of sp³-hybridized carbons (Fsp3) is 0.222. The molecule has 1 aliphatic rings. The molecule has 202 valence electrons. The summed E-state index contributed by atoms with van der Waals surface area (Å²) in [5.74, 6) is 0.389. The molecule has 0 spiro atoms. The molecule has 12 heteroatoms. The predicted octanol–water partition coefficient (Wildman–Crippen LogP) is 5.56. The second-order valence-electron chi connectivity index (χ2n) is 9.30. The molecule has 0 aliphatic heterocycles. The van der Waals surface area contributed by atoms with Crippen LogP contribution in [0.3, 0.4) is 0 Å². The fourth-order valence-corrected chi connectivity index (χ4v) is 6.03. The largest absolute Gasteiger partial charge is 0.367 e. The van der Waals surface area contributed by atoms with Crippen LogP contribution in [-0.4, -0.2) is 35.5 Å². The van der Waals surface area contributed by atoms with Crippen molar-refractivity contribution in [2.45, 2.75) is 42.7 Å². The van der Waals surface area contributed by atoms with Crippen molar-refractivity contribution < 1.29 is 12.8 Å². The highest BCUT2D eigenvalue weighted by Gasteiger charge is 2.21. The van der Waals surface area contributed by atoms with Crippen LogP contribution in [-0.2, 0) is 10.0 Å². The zero-order valence-electron chi connectivity index (χ0n) is 20.8. The molecule has 0 saturated heterocycles. The molecule has 9 nitrogen and oxygen atoms in total. The lowest BCUT2D eigenvalue weighted by Crippen LogP contribution is -2.33. The van der Waals surface area contributed by atoms with E-state index in [1.54, 1.807) is 24.4 Å². The van der Waals surface area contributed by atoms with Crippen LogP contribution >= 0.6 is 11.6 Å². The van der Waals surface area contributed by atoms with Gasteiger partial charge in [-0.25, -0.2) is 27.8 Å². The summed E-state index contributed by atoms with van der Waals surface area (Å²) >= 11 is 6.01. The topological polar surface area (TPSA) is 135 Å². The number of rotatable bonds is 8. The number of pyridine rings is 1. The van der Waals surface area contributed by atoms with E-state index in [2.05, 4.69) is 30.3 Å². The molecule has 0 unspecified atom stereocenters. The maximum absolute atomic E-state index is 15.0. The van der Waals surface area contributed by atoms with Crippen molar-refractivity contribution >= 4 is 44.6 Å². The first-order valence-corrected chi connectivity index (χ1v) is 14.3. The molecule has 0 atom stereocenters. The number of halogens is 2. The predicted molar refractivity (Wildman–Crippen MR) is 151 cm³/mol. The van der Waals surface area contributed by atoms with Crippen LogP contribution in [0.2, 0.25) is 5.02 Å². The van der Waals surface area contributed by atoms with E-state index in [4.69, 9.17) is 17.3 Å². The summed E-state index contributed by atoms with van der Waals surface area (Å²) in [6, 6.07) is 16.1. The summed E-state index contributed by atoms with van der Waals surface area (Å²) in [6.07, 6.45) is 7.02. The highest BCUT2D eigenvalue weighted by atomic mass is 35.5. The summed E-state index contributed by atoms with van der Waals surface area (Å²) in [6.45, 7) is 0. The van der Waals surface area contributed by atoms with Gasteiger partial charge in [-0.2, -0.15) is 0 Å². The van der Waals surface area contributed by atoms with E-state index in [1.165, 1.54) is 36.7 Å². The monoisotopic (exact) mass is 567 g/mol. The third kappa shape index (κ3) is 6.44. The molecule has 5 rings (SSSR count). The van der Waals surface area contributed by atoms with E-state index in [0.29, 0.717) is 34.6 Å². The molecule has 0 radical (unpaired) electrons. The minimum atomic E-state index is -4.08. The molecular formula is C27H27ClFN7O2S. The van der Waals surface area contributed by atoms with Crippen molar-refractivity contribution in [3.63, 3.8) is 0 Å². The van der Waals surface area contributed by atoms with Crippen molar-refractivity contribution in [1.29, 1.82) is 0 Å². The molecular weight excluding hydrogens is 541 g/mol. The number of nitrogens with one attached hydrogen (secondary N) is 3. The number of sulfonamides is 1. The summed E-state index contributed by atoms with van der Waals surface area (Å²) in [5.41, 5.74) is 7.51. The smallest absolute Gasteiger partial charge is 0.263 e. The van der Waals surface area contributed by atoms with Crippen LogP contribution in [0.15, 0.2) is 78.1 Å². The number of aromatic nitrogens is 3. The molecule has 1 fully saturated rings. The van der Waals surface area contributed by atoms with Crippen molar-refractivity contribution in [1.82, 2.24) is 15.0 Å². The Labute approximate surface area is 231 Å². The van der Waals surface area contributed by atoms with Gasteiger partial charge < -0.3 is 16.4 Å². The molecule has 1 aliphatic carbocycles. The third-order valence-electron chi connectivity index (χ3n) is 6.48. The summed E-state index contributed by atoms with van der Waals surface area (Å²) in [7, 11) is -4.08. The Morgan fingerprint density at radius 1 is 0.949 bits per heavy atom. The second kappa shape index (κ2) is 11.5. The van der Waals surface area contributed by atoms with Gasteiger partial charge in [0, 0.05) is 35.6 Å². The lowest BCUT2D eigenvalue weighted by Gasteiger charge is -2.27.